The molecule has 0 amide bonds. The van der Waals surface area contributed by atoms with Crippen LogP contribution in [0.3, 0.4) is 0 Å². The predicted octanol–water partition coefficient (Wildman–Crippen LogP) is 4.21. The number of hydrogen-bond donors (Lipinski definition) is 0. The van der Waals surface area contributed by atoms with Crippen LogP contribution in [-0.4, -0.2) is 4.92 Å². The summed E-state index contributed by atoms with van der Waals surface area (Å²) >= 11 is 3.12. The van der Waals surface area contributed by atoms with Crippen molar-refractivity contribution in [1.29, 1.82) is 0 Å². The van der Waals surface area contributed by atoms with E-state index in [0.29, 0.717) is 4.47 Å². The van der Waals surface area contributed by atoms with Crippen LogP contribution in [-0.2, 0) is 6.61 Å². The number of nitro benzene ring substituents is 1. The second-order valence-corrected chi connectivity index (χ2v) is 4.81. The van der Waals surface area contributed by atoms with Gasteiger partial charge in [-0.2, -0.15) is 0 Å². The van der Waals surface area contributed by atoms with Gasteiger partial charge in [0.25, 0.3) is 0 Å². The lowest BCUT2D eigenvalue weighted by Gasteiger charge is -2.08. The van der Waals surface area contributed by atoms with Crippen LogP contribution in [0.25, 0.3) is 0 Å². The topological polar surface area (TPSA) is 52.4 Å². The van der Waals surface area contributed by atoms with Crippen molar-refractivity contribution in [2.24, 2.45) is 0 Å². The molecule has 0 heterocycles. The predicted molar refractivity (Wildman–Crippen MR) is 71.5 cm³/mol. The molecule has 0 N–H and O–H groups in total. The van der Waals surface area contributed by atoms with Crippen molar-refractivity contribution in [3.05, 3.63) is 68.2 Å². The van der Waals surface area contributed by atoms with Gasteiger partial charge in [0.05, 0.1) is 11.0 Å². The van der Waals surface area contributed by atoms with Crippen LogP contribution in [0.2, 0.25) is 0 Å². The van der Waals surface area contributed by atoms with Gasteiger partial charge in [-0.1, -0.05) is 22.0 Å². The molecule has 0 fully saturated rings. The van der Waals surface area contributed by atoms with Gasteiger partial charge in [-0.15, -0.1) is 0 Å². The van der Waals surface area contributed by atoms with Crippen molar-refractivity contribution in [3.63, 3.8) is 0 Å². The van der Waals surface area contributed by atoms with Gasteiger partial charge in [-0.25, -0.2) is 8.78 Å². The van der Waals surface area contributed by atoms with Crippen molar-refractivity contribution >= 4 is 21.6 Å². The highest BCUT2D eigenvalue weighted by atomic mass is 79.9. The average molecular weight is 344 g/mol. The van der Waals surface area contributed by atoms with Gasteiger partial charge in [0.1, 0.15) is 18.2 Å². The largest absolute Gasteiger partial charge is 0.482 e. The molecule has 0 radical (unpaired) electrons. The molecule has 0 unspecified atom stereocenters. The lowest BCUT2D eigenvalue weighted by Crippen LogP contribution is -2.01. The van der Waals surface area contributed by atoms with Crippen molar-refractivity contribution in [2.45, 2.75) is 6.61 Å². The van der Waals surface area contributed by atoms with Gasteiger partial charge in [-0.3, -0.25) is 10.1 Å². The van der Waals surface area contributed by atoms with E-state index >= 15 is 0 Å². The number of rotatable bonds is 4. The third-order valence-electron chi connectivity index (χ3n) is 2.52. The maximum absolute atomic E-state index is 13.6. The van der Waals surface area contributed by atoms with E-state index in [4.69, 9.17) is 4.74 Å². The number of nitrogens with zero attached hydrogens (tertiary/aromatic N) is 1. The summed E-state index contributed by atoms with van der Waals surface area (Å²) in [7, 11) is 0. The SMILES string of the molecule is O=[N+]([O-])c1cc(F)ccc1OCc1ccc(Br)cc1F. The van der Waals surface area contributed by atoms with E-state index in [0.717, 1.165) is 18.2 Å². The highest BCUT2D eigenvalue weighted by Gasteiger charge is 2.16. The minimum Gasteiger partial charge on any atom is -0.482 e. The molecular weight excluding hydrogens is 336 g/mol. The molecule has 2 aromatic carbocycles. The quantitative estimate of drug-likeness (QED) is 0.617. The number of hydrogen-bond acceptors (Lipinski definition) is 3. The third-order valence-corrected chi connectivity index (χ3v) is 3.01. The van der Waals surface area contributed by atoms with Gasteiger partial charge >= 0.3 is 5.69 Å². The zero-order valence-electron chi connectivity index (χ0n) is 9.98. The van der Waals surface area contributed by atoms with E-state index in [1.165, 1.54) is 12.1 Å². The van der Waals surface area contributed by atoms with E-state index in [2.05, 4.69) is 15.9 Å². The number of ether oxygens (including phenoxy) is 1. The minimum atomic E-state index is -0.754. The molecular formula is C13H8BrF2NO3. The number of benzene rings is 2. The summed E-state index contributed by atoms with van der Waals surface area (Å²) in [5, 5.41) is 10.8. The second kappa shape index (κ2) is 5.96. The van der Waals surface area contributed by atoms with E-state index in [1.807, 2.05) is 0 Å². The fraction of sp³-hybridized carbons (Fsp3) is 0.0769. The lowest BCUT2D eigenvalue weighted by molar-refractivity contribution is -0.386. The first-order valence-electron chi connectivity index (χ1n) is 5.48. The molecule has 0 saturated heterocycles. The Bertz CT molecular complexity index is 664. The molecule has 7 heteroatoms. The molecule has 0 aliphatic carbocycles. The van der Waals surface area contributed by atoms with Crippen LogP contribution in [0.15, 0.2) is 40.9 Å². The molecule has 4 nitrogen and oxygen atoms in total. The Kier molecular flexibility index (Phi) is 4.29. The molecule has 0 saturated carbocycles. The Balaban J connectivity index is 2.20. The molecule has 0 spiro atoms. The summed E-state index contributed by atoms with van der Waals surface area (Å²) in [6, 6.07) is 7.32. The molecule has 0 atom stereocenters. The Morgan fingerprint density at radius 3 is 2.60 bits per heavy atom. The Morgan fingerprint density at radius 1 is 1.20 bits per heavy atom. The summed E-state index contributed by atoms with van der Waals surface area (Å²) < 4.78 is 32.3. The average Bonchev–Trinajstić information content (AvgIpc) is 2.38. The van der Waals surface area contributed by atoms with E-state index in [-0.39, 0.29) is 17.9 Å². The summed E-state index contributed by atoms with van der Waals surface area (Å²) in [4.78, 5) is 10.0. The number of nitro groups is 1. The zero-order valence-corrected chi connectivity index (χ0v) is 11.6. The lowest BCUT2D eigenvalue weighted by atomic mass is 10.2. The van der Waals surface area contributed by atoms with Gasteiger partial charge in [-0.05, 0) is 24.3 Å². The van der Waals surface area contributed by atoms with E-state index in [9.17, 15) is 18.9 Å². The van der Waals surface area contributed by atoms with Crippen molar-refractivity contribution in [1.82, 2.24) is 0 Å². The van der Waals surface area contributed by atoms with Crippen molar-refractivity contribution in [2.75, 3.05) is 0 Å². The zero-order chi connectivity index (χ0) is 14.7. The molecule has 2 aromatic rings. The Hall–Kier alpha value is -2.02. The summed E-state index contributed by atoms with van der Waals surface area (Å²) in [5.41, 5.74) is -0.255. The molecule has 0 bridgehead atoms. The van der Waals surface area contributed by atoms with Crippen molar-refractivity contribution < 1.29 is 18.4 Å². The first-order chi connectivity index (χ1) is 9.47. The number of halogens is 3. The van der Waals surface area contributed by atoms with Gasteiger partial charge in [0, 0.05) is 10.0 Å². The van der Waals surface area contributed by atoms with Crippen LogP contribution in [0, 0.1) is 21.7 Å². The van der Waals surface area contributed by atoms with Crippen LogP contribution in [0.5, 0.6) is 5.75 Å². The third kappa shape index (κ3) is 3.30. The van der Waals surface area contributed by atoms with Gasteiger partial charge < -0.3 is 4.74 Å². The first kappa shape index (κ1) is 14.4. The standard InChI is InChI=1S/C13H8BrF2NO3/c14-9-2-1-8(11(16)5-9)7-20-13-4-3-10(15)6-12(13)17(18)19/h1-6H,7H2. The smallest absolute Gasteiger partial charge is 0.313 e. The second-order valence-electron chi connectivity index (χ2n) is 3.89. The van der Waals surface area contributed by atoms with Gasteiger partial charge in [0.2, 0.25) is 0 Å². The van der Waals surface area contributed by atoms with Crippen LogP contribution < -0.4 is 4.74 Å². The maximum Gasteiger partial charge on any atom is 0.313 e. The molecule has 2 rings (SSSR count). The minimum absolute atomic E-state index is 0.112. The van der Waals surface area contributed by atoms with Gasteiger partial charge in [0.15, 0.2) is 5.75 Å². The van der Waals surface area contributed by atoms with E-state index in [1.54, 1.807) is 6.07 Å². The fourth-order valence-electron chi connectivity index (χ4n) is 1.55. The molecule has 0 aromatic heterocycles. The highest BCUT2D eigenvalue weighted by molar-refractivity contribution is 9.10. The van der Waals surface area contributed by atoms with E-state index < -0.39 is 22.2 Å². The summed E-state index contributed by atoms with van der Waals surface area (Å²) in [5.74, 6) is -1.35. The summed E-state index contributed by atoms with van der Waals surface area (Å²) in [6.07, 6.45) is 0. The van der Waals surface area contributed by atoms with Crippen molar-refractivity contribution in [3.8, 4) is 5.75 Å². The Labute approximate surface area is 121 Å². The fourth-order valence-corrected chi connectivity index (χ4v) is 1.88. The summed E-state index contributed by atoms with van der Waals surface area (Å²) in [6.45, 7) is -0.189. The molecule has 20 heavy (non-hydrogen) atoms. The first-order valence-corrected chi connectivity index (χ1v) is 6.27. The molecule has 0 aliphatic heterocycles. The monoisotopic (exact) mass is 343 g/mol. The van der Waals surface area contributed by atoms with Crippen LogP contribution in [0.1, 0.15) is 5.56 Å². The Morgan fingerprint density at radius 2 is 1.95 bits per heavy atom. The molecule has 104 valence electrons. The normalized spacial score (nSPS) is 10.3. The van der Waals surface area contributed by atoms with Crippen LogP contribution >= 0.6 is 15.9 Å². The highest BCUT2D eigenvalue weighted by Crippen LogP contribution is 2.28. The molecule has 0 aliphatic rings. The maximum atomic E-state index is 13.6. The van der Waals surface area contributed by atoms with Crippen LogP contribution in [0.4, 0.5) is 14.5 Å².